The second-order valence-corrected chi connectivity index (χ2v) is 6.89. The Hall–Kier alpha value is -2.62. The predicted octanol–water partition coefficient (Wildman–Crippen LogP) is 3.59. The zero-order valence-corrected chi connectivity index (χ0v) is 15.3. The molecule has 0 saturated heterocycles. The third-order valence-electron chi connectivity index (χ3n) is 4.39. The minimum atomic E-state index is -0.648. The van der Waals surface area contributed by atoms with Crippen molar-refractivity contribution in [2.75, 3.05) is 11.9 Å². The molecular formula is C21H26N2O2. The number of nitrogens with one attached hydrogen (secondary N) is 2. The van der Waals surface area contributed by atoms with Gasteiger partial charge in [0.15, 0.2) is 0 Å². The van der Waals surface area contributed by atoms with Gasteiger partial charge in [-0.2, -0.15) is 0 Å². The van der Waals surface area contributed by atoms with Crippen LogP contribution in [0.25, 0.3) is 0 Å². The minimum absolute atomic E-state index is 0.260. The van der Waals surface area contributed by atoms with Gasteiger partial charge in [-0.3, -0.25) is 9.59 Å². The number of carbonyl (C=O) groups excluding carboxylic acids is 2. The molecule has 0 aliphatic heterocycles. The molecule has 0 aromatic heterocycles. The van der Waals surface area contributed by atoms with Gasteiger partial charge in [0.1, 0.15) is 0 Å². The summed E-state index contributed by atoms with van der Waals surface area (Å²) in [7, 11) is 0. The fourth-order valence-electron chi connectivity index (χ4n) is 2.82. The van der Waals surface area contributed by atoms with Gasteiger partial charge in [-0.05, 0) is 42.2 Å². The van der Waals surface area contributed by atoms with Crippen molar-refractivity contribution in [2.24, 2.45) is 0 Å². The number of anilines is 1. The second kappa shape index (κ2) is 7.97. The lowest BCUT2D eigenvalue weighted by Gasteiger charge is -2.27. The van der Waals surface area contributed by atoms with Crippen LogP contribution >= 0.6 is 0 Å². The normalized spacial score (nSPS) is 11.0. The number of amides is 2. The molecule has 4 heteroatoms. The maximum absolute atomic E-state index is 12.1. The van der Waals surface area contributed by atoms with Crippen LogP contribution < -0.4 is 10.6 Å². The molecule has 0 atom stereocenters. The van der Waals surface area contributed by atoms with Crippen LogP contribution in [0.5, 0.6) is 0 Å². The summed E-state index contributed by atoms with van der Waals surface area (Å²) in [6.45, 7) is 8.61. The summed E-state index contributed by atoms with van der Waals surface area (Å²) in [5.41, 5.74) is 3.87. The van der Waals surface area contributed by atoms with E-state index < -0.39 is 11.8 Å². The lowest BCUT2D eigenvalue weighted by molar-refractivity contribution is -0.136. The summed E-state index contributed by atoms with van der Waals surface area (Å²) in [6.07, 6.45) is 0.933. The molecular weight excluding hydrogens is 312 g/mol. The molecule has 0 aliphatic rings. The van der Waals surface area contributed by atoms with Gasteiger partial charge in [-0.15, -0.1) is 0 Å². The van der Waals surface area contributed by atoms with E-state index >= 15 is 0 Å². The van der Waals surface area contributed by atoms with Crippen molar-refractivity contribution >= 4 is 17.5 Å². The average Bonchev–Trinajstić information content (AvgIpc) is 2.60. The largest absolute Gasteiger partial charge is 0.347 e. The summed E-state index contributed by atoms with van der Waals surface area (Å²) in [5.74, 6) is -1.27. The first-order valence-corrected chi connectivity index (χ1v) is 8.57. The van der Waals surface area contributed by atoms with Gasteiger partial charge in [0, 0.05) is 17.6 Å². The molecule has 0 bridgehead atoms. The summed E-state index contributed by atoms with van der Waals surface area (Å²) < 4.78 is 0. The van der Waals surface area contributed by atoms with Crippen molar-refractivity contribution in [1.82, 2.24) is 5.32 Å². The van der Waals surface area contributed by atoms with Crippen molar-refractivity contribution < 1.29 is 9.59 Å². The SMILES string of the molecule is CCc1ccc(NC(=O)C(=O)NCC(C)(C)c2ccccc2C)cc1. The van der Waals surface area contributed by atoms with Crippen molar-refractivity contribution in [3.05, 3.63) is 65.2 Å². The van der Waals surface area contributed by atoms with Crippen LogP contribution in [-0.2, 0) is 21.4 Å². The number of benzene rings is 2. The first-order valence-electron chi connectivity index (χ1n) is 8.57. The number of carbonyl (C=O) groups is 2. The number of aryl methyl sites for hydroxylation is 2. The molecule has 132 valence electrons. The Kier molecular flexibility index (Phi) is 5.97. The van der Waals surface area contributed by atoms with E-state index in [-0.39, 0.29) is 5.41 Å². The number of hydrogen-bond acceptors (Lipinski definition) is 2. The molecule has 0 fully saturated rings. The first kappa shape index (κ1) is 18.7. The quantitative estimate of drug-likeness (QED) is 0.819. The zero-order valence-electron chi connectivity index (χ0n) is 15.3. The van der Waals surface area contributed by atoms with Gasteiger partial charge in [-0.25, -0.2) is 0 Å². The van der Waals surface area contributed by atoms with Crippen molar-refractivity contribution in [2.45, 2.75) is 39.5 Å². The molecule has 0 aliphatic carbocycles. The topological polar surface area (TPSA) is 58.2 Å². The highest BCUT2D eigenvalue weighted by Crippen LogP contribution is 2.25. The van der Waals surface area contributed by atoms with Gasteiger partial charge in [0.2, 0.25) is 0 Å². The molecule has 0 spiro atoms. The van der Waals surface area contributed by atoms with Crippen LogP contribution in [0.4, 0.5) is 5.69 Å². The minimum Gasteiger partial charge on any atom is -0.347 e. The average molecular weight is 338 g/mol. The zero-order chi connectivity index (χ0) is 18.4. The molecule has 0 radical (unpaired) electrons. The van der Waals surface area contributed by atoms with Gasteiger partial charge < -0.3 is 10.6 Å². The molecule has 2 rings (SSSR count). The summed E-state index contributed by atoms with van der Waals surface area (Å²) in [5, 5.41) is 5.37. The molecule has 0 saturated carbocycles. The highest BCUT2D eigenvalue weighted by molar-refractivity contribution is 6.39. The van der Waals surface area contributed by atoms with Gasteiger partial charge >= 0.3 is 11.8 Å². The summed E-state index contributed by atoms with van der Waals surface area (Å²) >= 11 is 0. The lowest BCUT2D eigenvalue weighted by atomic mass is 9.82. The Balaban J connectivity index is 1.94. The maximum Gasteiger partial charge on any atom is 0.313 e. The fraction of sp³-hybridized carbons (Fsp3) is 0.333. The van der Waals surface area contributed by atoms with Crippen LogP contribution in [0, 0.1) is 6.92 Å². The highest BCUT2D eigenvalue weighted by Gasteiger charge is 2.24. The van der Waals surface area contributed by atoms with E-state index in [1.807, 2.05) is 37.3 Å². The monoisotopic (exact) mass is 338 g/mol. The summed E-state index contributed by atoms with van der Waals surface area (Å²) in [4.78, 5) is 24.2. The van der Waals surface area contributed by atoms with E-state index in [1.54, 1.807) is 12.1 Å². The molecule has 2 aromatic carbocycles. The Morgan fingerprint density at radius 2 is 1.60 bits per heavy atom. The molecule has 25 heavy (non-hydrogen) atoms. The third-order valence-corrected chi connectivity index (χ3v) is 4.39. The maximum atomic E-state index is 12.1. The van der Waals surface area contributed by atoms with Crippen LogP contribution in [0.3, 0.4) is 0 Å². The second-order valence-electron chi connectivity index (χ2n) is 6.89. The standard InChI is InChI=1S/C21H26N2O2/c1-5-16-10-12-17(13-11-16)23-20(25)19(24)22-14-21(3,4)18-9-7-6-8-15(18)2/h6-13H,5,14H2,1-4H3,(H,22,24)(H,23,25). The van der Waals surface area contributed by atoms with Gasteiger partial charge in [0.05, 0.1) is 0 Å². The molecule has 2 N–H and O–H groups in total. The molecule has 0 heterocycles. The molecule has 0 unspecified atom stereocenters. The molecule has 2 amide bonds. The van der Waals surface area contributed by atoms with Crippen molar-refractivity contribution in [3.63, 3.8) is 0 Å². The lowest BCUT2D eigenvalue weighted by Crippen LogP contribution is -2.42. The van der Waals surface area contributed by atoms with Crippen LogP contribution in [0.1, 0.15) is 37.5 Å². The summed E-state index contributed by atoms with van der Waals surface area (Å²) in [6, 6.07) is 15.6. The Bertz CT molecular complexity index is 749. The van der Waals surface area contributed by atoms with E-state index in [9.17, 15) is 9.59 Å². The van der Waals surface area contributed by atoms with Crippen LogP contribution in [0.15, 0.2) is 48.5 Å². The Morgan fingerprint density at radius 3 is 2.20 bits per heavy atom. The fourth-order valence-corrected chi connectivity index (χ4v) is 2.82. The van der Waals surface area contributed by atoms with Crippen LogP contribution in [0.2, 0.25) is 0 Å². The predicted molar refractivity (Wildman–Crippen MR) is 102 cm³/mol. The number of rotatable bonds is 5. The van der Waals surface area contributed by atoms with Gasteiger partial charge in [0.25, 0.3) is 0 Å². The van der Waals surface area contributed by atoms with E-state index in [0.717, 1.165) is 12.0 Å². The van der Waals surface area contributed by atoms with E-state index in [0.29, 0.717) is 12.2 Å². The van der Waals surface area contributed by atoms with Crippen LogP contribution in [-0.4, -0.2) is 18.4 Å². The van der Waals surface area contributed by atoms with E-state index in [2.05, 4.69) is 37.5 Å². The first-order chi connectivity index (χ1) is 11.8. The van der Waals surface area contributed by atoms with Gasteiger partial charge in [-0.1, -0.05) is 57.2 Å². The van der Waals surface area contributed by atoms with E-state index in [4.69, 9.17) is 0 Å². The number of hydrogen-bond donors (Lipinski definition) is 2. The Labute approximate surface area is 149 Å². The highest BCUT2D eigenvalue weighted by atomic mass is 16.2. The molecule has 4 nitrogen and oxygen atoms in total. The smallest absolute Gasteiger partial charge is 0.313 e. The van der Waals surface area contributed by atoms with Crippen molar-refractivity contribution in [3.8, 4) is 0 Å². The van der Waals surface area contributed by atoms with Crippen molar-refractivity contribution in [1.29, 1.82) is 0 Å². The molecule has 2 aromatic rings. The van der Waals surface area contributed by atoms with E-state index in [1.165, 1.54) is 11.1 Å². The Morgan fingerprint density at radius 1 is 0.960 bits per heavy atom. The third kappa shape index (κ3) is 4.92.